The standard InChI is InChI=1S/C17H24O2S/c1-2-19-16(18)13-17(11-7-4-8-12-17)20-14-15-9-5-3-6-10-15/h3,5-6,9-10H,2,4,7-8,11-14H2,1H3. The van der Waals surface area contributed by atoms with E-state index < -0.39 is 0 Å². The molecule has 0 amide bonds. The van der Waals surface area contributed by atoms with E-state index in [4.69, 9.17) is 4.74 Å². The van der Waals surface area contributed by atoms with E-state index in [2.05, 4.69) is 24.3 Å². The molecule has 1 saturated carbocycles. The van der Waals surface area contributed by atoms with Crippen LogP contribution in [0, 0.1) is 0 Å². The maximum absolute atomic E-state index is 11.9. The van der Waals surface area contributed by atoms with Gasteiger partial charge in [0.2, 0.25) is 0 Å². The maximum Gasteiger partial charge on any atom is 0.307 e. The van der Waals surface area contributed by atoms with Gasteiger partial charge in [-0.1, -0.05) is 49.6 Å². The molecule has 2 rings (SSSR count). The zero-order valence-electron chi connectivity index (χ0n) is 12.3. The Labute approximate surface area is 126 Å². The molecular weight excluding hydrogens is 268 g/mol. The van der Waals surface area contributed by atoms with Crippen molar-refractivity contribution in [2.24, 2.45) is 0 Å². The minimum atomic E-state index is -0.0324. The highest BCUT2D eigenvalue weighted by atomic mass is 32.2. The highest BCUT2D eigenvalue weighted by molar-refractivity contribution is 7.99. The Balaban J connectivity index is 1.97. The first-order chi connectivity index (χ1) is 9.74. The molecule has 0 bridgehead atoms. The fourth-order valence-corrected chi connectivity index (χ4v) is 4.32. The summed E-state index contributed by atoms with van der Waals surface area (Å²) in [7, 11) is 0. The van der Waals surface area contributed by atoms with Gasteiger partial charge in [0.15, 0.2) is 0 Å². The molecule has 3 heteroatoms. The van der Waals surface area contributed by atoms with Crippen LogP contribution in [-0.4, -0.2) is 17.3 Å². The van der Waals surface area contributed by atoms with Gasteiger partial charge in [-0.3, -0.25) is 4.79 Å². The van der Waals surface area contributed by atoms with Crippen LogP contribution in [-0.2, 0) is 15.3 Å². The summed E-state index contributed by atoms with van der Waals surface area (Å²) in [6, 6.07) is 10.5. The first-order valence-electron chi connectivity index (χ1n) is 7.58. The molecule has 110 valence electrons. The Morgan fingerprint density at radius 2 is 1.90 bits per heavy atom. The Morgan fingerprint density at radius 3 is 2.55 bits per heavy atom. The lowest BCUT2D eigenvalue weighted by Gasteiger charge is -2.36. The van der Waals surface area contributed by atoms with E-state index in [1.165, 1.54) is 24.8 Å². The molecule has 0 saturated heterocycles. The smallest absolute Gasteiger partial charge is 0.307 e. The third-order valence-corrected chi connectivity index (χ3v) is 5.57. The number of carbonyl (C=O) groups excluding carboxylic acids is 1. The third kappa shape index (κ3) is 4.55. The van der Waals surface area contributed by atoms with Crippen LogP contribution in [0.3, 0.4) is 0 Å². The van der Waals surface area contributed by atoms with E-state index >= 15 is 0 Å². The summed E-state index contributed by atoms with van der Waals surface area (Å²) < 4.78 is 5.27. The van der Waals surface area contributed by atoms with Gasteiger partial charge in [-0.15, -0.1) is 11.8 Å². The van der Waals surface area contributed by atoms with Crippen LogP contribution in [0.2, 0.25) is 0 Å². The van der Waals surface area contributed by atoms with Gasteiger partial charge in [0, 0.05) is 10.5 Å². The molecule has 1 fully saturated rings. The van der Waals surface area contributed by atoms with Crippen LogP contribution in [0.5, 0.6) is 0 Å². The number of carbonyl (C=O) groups is 1. The topological polar surface area (TPSA) is 26.3 Å². The molecule has 0 aliphatic heterocycles. The van der Waals surface area contributed by atoms with Crippen molar-refractivity contribution in [3.8, 4) is 0 Å². The summed E-state index contributed by atoms with van der Waals surface area (Å²) in [6.07, 6.45) is 6.63. The van der Waals surface area contributed by atoms with E-state index in [0.29, 0.717) is 13.0 Å². The molecule has 0 N–H and O–H groups in total. The quantitative estimate of drug-likeness (QED) is 0.718. The zero-order chi connectivity index (χ0) is 14.3. The number of hydrogen-bond acceptors (Lipinski definition) is 3. The third-order valence-electron chi connectivity index (χ3n) is 3.92. The number of thioether (sulfide) groups is 1. The van der Waals surface area contributed by atoms with Crippen molar-refractivity contribution in [3.05, 3.63) is 35.9 Å². The fraction of sp³-hybridized carbons (Fsp3) is 0.588. The van der Waals surface area contributed by atoms with Crippen molar-refractivity contribution in [2.45, 2.75) is 55.9 Å². The SMILES string of the molecule is CCOC(=O)CC1(SCc2ccccc2)CCCCC1. The van der Waals surface area contributed by atoms with E-state index in [9.17, 15) is 4.79 Å². The van der Waals surface area contributed by atoms with Gasteiger partial charge < -0.3 is 4.74 Å². The molecule has 20 heavy (non-hydrogen) atoms. The molecule has 0 spiro atoms. The zero-order valence-corrected chi connectivity index (χ0v) is 13.1. The van der Waals surface area contributed by atoms with Crippen molar-refractivity contribution in [1.29, 1.82) is 0 Å². The summed E-state index contributed by atoms with van der Waals surface area (Å²) in [5.74, 6) is 0.954. The van der Waals surface area contributed by atoms with Crippen LogP contribution < -0.4 is 0 Å². The van der Waals surface area contributed by atoms with Crippen LogP contribution in [0.1, 0.15) is 51.0 Å². The number of benzene rings is 1. The maximum atomic E-state index is 11.9. The first kappa shape index (κ1) is 15.4. The lowest BCUT2D eigenvalue weighted by Crippen LogP contribution is -2.32. The number of esters is 1. The van der Waals surface area contributed by atoms with E-state index in [0.717, 1.165) is 18.6 Å². The fourth-order valence-electron chi connectivity index (χ4n) is 2.85. The lowest BCUT2D eigenvalue weighted by atomic mass is 9.86. The van der Waals surface area contributed by atoms with Crippen LogP contribution in [0.15, 0.2) is 30.3 Å². The lowest BCUT2D eigenvalue weighted by molar-refractivity contribution is -0.144. The summed E-state index contributed by atoms with van der Waals surface area (Å²) in [6.45, 7) is 2.36. The predicted octanol–water partition coefficient (Wildman–Crippen LogP) is 4.58. The molecule has 2 nitrogen and oxygen atoms in total. The molecular formula is C17H24O2S. The average molecular weight is 292 g/mol. The van der Waals surface area contributed by atoms with E-state index in [1.54, 1.807) is 0 Å². The molecule has 0 aromatic heterocycles. The molecule has 1 aliphatic rings. The largest absolute Gasteiger partial charge is 0.466 e. The second-order valence-electron chi connectivity index (χ2n) is 5.50. The summed E-state index contributed by atoms with van der Waals surface area (Å²) >= 11 is 1.95. The molecule has 0 unspecified atom stereocenters. The summed E-state index contributed by atoms with van der Waals surface area (Å²) in [4.78, 5) is 11.9. The Hall–Kier alpha value is -0.960. The van der Waals surface area contributed by atoms with Crippen molar-refractivity contribution in [2.75, 3.05) is 6.61 Å². The second kappa shape index (κ2) is 7.72. The van der Waals surface area contributed by atoms with Crippen LogP contribution in [0.25, 0.3) is 0 Å². The Bertz CT molecular complexity index is 410. The number of ether oxygens (including phenoxy) is 1. The monoisotopic (exact) mass is 292 g/mol. The van der Waals surface area contributed by atoms with Crippen molar-refractivity contribution >= 4 is 17.7 Å². The van der Waals surface area contributed by atoms with Crippen LogP contribution in [0.4, 0.5) is 0 Å². The van der Waals surface area contributed by atoms with E-state index in [1.807, 2.05) is 24.8 Å². The minimum absolute atomic E-state index is 0.0324. The normalized spacial score (nSPS) is 17.6. The Morgan fingerprint density at radius 1 is 1.20 bits per heavy atom. The van der Waals surface area contributed by atoms with E-state index in [-0.39, 0.29) is 10.7 Å². The highest BCUT2D eigenvalue weighted by Crippen LogP contribution is 2.44. The van der Waals surface area contributed by atoms with Crippen LogP contribution >= 0.6 is 11.8 Å². The Kier molecular flexibility index (Phi) is 5.96. The molecule has 1 aliphatic carbocycles. The summed E-state index contributed by atoms with van der Waals surface area (Å²) in [5, 5.41) is 0. The van der Waals surface area contributed by atoms with Gasteiger partial charge in [-0.05, 0) is 25.3 Å². The number of hydrogen-bond donors (Lipinski definition) is 0. The van der Waals surface area contributed by atoms with Crippen molar-refractivity contribution in [1.82, 2.24) is 0 Å². The summed E-state index contributed by atoms with van der Waals surface area (Å²) in [5.41, 5.74) is 1.34. The second-order valence-corrected chi connectivity index (χ2v) is 6.94. The van der Waals surface area contributed by atoms with Gasteiger partial charge in [0.1, 0.15) is 0 Å². The molecule has 0 radical (unpaired) electrons. The minimum Gasteiger partial charge on any atom is -0.466 e. The first-order valence-corrected chi connectivity index (χ1v) is 8.56. The van der Waals surface area contributed by atoms with Gasteiger partial charge in [-0.25, -0.2) is 0 Å². The van der Waals surface area contributed by atoms with Gasteiger partial charge >= 0.3 is 5.97 Å². The molecule has 1 aromatic carbocycles. The van der Waals surface area contributed by atoms with Gasteiger partial charge in [-0.2, -0.15) is 0 Å². The molecule has 0 atom stereocenters. The molecule has 0 heterocycles. The van der Waals surface area contributed by atoms with Crippen molar-refractivity contribution < 1.29 is 9.53 Å². The highest BCUT2D eigenvalue weighted by Gasteiger charge is 2.35. The average Bonchev–Trinajstić information content (AvgIpc) is 2.47. The van der Waals surface area contributed by atoms with Gasteiger partial charge in [0.25, 0.3) is 0 Å². The van der Waals surface area contributed by atoms with Gasteiger partial charge in [0.05, 0.1) is 13.0 Å². The molecule has 1 aromatic rings. The number of rotatable bonds is 6. The predicted molar refractivity (Wildman–Crippen MR) is 84.8 cm³/mol. The van der Waals surface area contributed by atoms with Crippen molar-refractivity contribution in [3.63, 3.8) is 0 Å².